The quantitative estimate of drug-likeness (QED) is 0.615. The van der Waals surface area contributed by atoms with Crippen molar-refractivity contribution in [2.24, 2.45) is 0 Å². The van der Waals surface area contributed by atoms with Gasteiger partial charge < -0.3 is 4.74 Å². The Hall–Kier alpha value is -1.56. The molecule has 0 amide bonds. The van der Waals surface area contributed by atoms with Crippen LogP contribution in [0.2, 0.25) is 0 Å². The van der Waals surface area contributed by atoms with Gasteiger partial charge in [-0.25, -0.2) is 8.42 Å². The first-order chi connectivity index (χ1) is 8.93. The van der Waals surface area contributed by atoms with Crippen LogP contribution in [-0.4, -0.2) is 26.7 Å². The molecule has 0 fully saturated rings. The van der Waals surface area contributed by atoms with Crippen LogP contribution >= 0.6 is 0 Å². The van der Waals surface area contributed by atoms with E-state index in [-0.39, 0.29) is 6.61 Å². The zero-order chi connectivity index (χ0) is 14.3. The highest BCUT2D eigenvalue weighted by Crippen LogP contribution is 2.10. The Morgan fingerprint density at radius 3 is 2.47 bits per heavy atom. The maximum absolute atomic E-state index is 11.7. The maximum Gasteiger partial charge on any atom is 0.323 e. The van der Waals surface area contributed by atoms with Gasteiger partial charge in [0.2, 0.25) is 10.0 Å². The summed E-state index contributed by atoms with van der Waals surface area (Å²) in [4.78, 5) is 11.3. The monoisotopic (exact) mass is 285 g/mol. The first-order valence-corrected chi connectivity index (χ1v) is 7.81. The number of nitrogens with one attached hydrogen (secondary N) is 1. The fourth-order valence-corrected chi connectivity index (χ4v) is 2.33. The fraction of sp³-hybridized carbons (Fsp3) is 0.462. The van der Waals surface area contributed by atoms with Crippen molar-refractivity contribution in [3.8, 4) is 0 Å². The number of carbonyl (C=O) groups is 1. The molecule has 1 aromatic carbocycles. The number of aryl methyl sites for hydroxylation is 1. The molecule has 0 saturated heterocycles. The van der Waals surface area contributed by atoms with E-state index in [0.717, 1.165) is 18.4 Å². The number of hydrogen-bond acceptors (Lipinski definition) is 4. The normalized spacial score (nSPS) is 11.1. The molecule has 6 heteroatoms. The predicted molar refractivity (Wildman–Crippen MR) is 74.5 cm³/mol. The number of hydrogen-bond donors (Lipinski definition) is 1. The van der Waals surface area contributed by atoms with Crippen LogP contribution in [0.25, 0.3) is 0 Å². The maximum atomic E-state index is 11.7. The summed E-state index contributed by atoms with van der Waals surface area (Å²) in [5.74, 6) is -1.39. The molecule has 0 bridgehead atoms. The summed E-state index contributed by atoms with van der Waals surface area (Å²) in [6.07, 6.45) is 1.62. The van der Waals surface area contributed by atoms with Gasteiger partial charge in [-0.3, -0.25) is 9.52 Å². The zero-order valence-corrected chi connectivity index (χ0v) is 12.0. The molecule has 0 radical (unpaired) electrons. The van der Waals surface area contributed by atoms with Crippen molar-refractivity contribution in [3.63, 3.8) is 0 Å². The van der Waals surface area contributed by atoms with Gasteiger partial charge >= 0.3 is 5.97 Å². The zero-order valence-electron chi connectivity index (χ0n) is 11.2. The largest absolute Gasteiger partial charge is 0.465 e. The third kappa shape index (κ3) is 6.24. The van der Waals surface area contributed by atoms with Crippen molar-refractivity contribution in [2.45, 2.75) is 26.7 Å². The second-order valence-corrected chi connectivity index (χ2v) is 6.02. The summed E-state index contributed by atoms with van der Waals surface area (Å²) in [6.45, 7) is 4.13. The standard InChI is InChI=1S/C13H19NO4S/c1-3-4-9-18-13(15)10-19(16,17)14-12-7-5-11(2)6-8-12/h5-8,14H,3-4,9-10H2,1-2H3. The molecule has 0 unspecified atom stereocenters. The van der Waals surface area contributed by atoms with E-state index in [1.54, 1.807) is 24.3 Å². The van der Waals surface area contributed by atoms with E-state index in [4.69, 9.17) is 4.74 Å². The molecule has 0 aliphatic carbocycles. The fourth-order valence-electron chi connectivity index (χ4n) is 1.36. The Kier molecular flexibility index (Phi) is 5.82. The molecule has 1 rings (SSSR count). The van der Waals surface area contributed by atoms with Gasteiger partial charge in [0.25, 0.3) is 0 Å². The van der Waals surface area contributed by atoms with Crippen molar-refractivity contribution in [1.82, 2.24) is 0 Å². The summed E-state index contributed by atoms with van der Waals surface area (Å²) in [7, 11) is -3.71. The Bertz CT molecular complexity index is 508. The van der Waals surface area contributed by atoms with Crippen LogP contribution in [0.5, 0.6) is 0 Å². The smallest absolute Gasteiger partial charge is 0.323 e. The van der Waals surface area contributed by atoms with Crippen molar-refractivity contribution in [3.05, 3.63) is 29.8 Å². The molecule has 0 aliphatic heterocycles. The van der Waals surface area contributed by atoms with Crippen molar-refractivity contribution < 1.29 is 17.9 Å². The van der Waals surface area contributed by atoms with E-state index in [2.05, 4.69) is 4.72 Å². The SMILES string of the molecule is CCCCOC(=O)CS(=O)(=O)Nc1ccc(C)cc1. The van der Waals surface area contributed by atoms with Crippen LogP contribution in [0, 0.1) is 6.92 Å². The average molecular weight is 285 g/mol. The summed E-state index contributed by atoms with van der Waals surface area (Å²) >= 11 is 0. The van der Waals surface area contributed by atoms with Gasteiger partial charge in [0.1, 0.15) is 0 Å². The van der Waals surface area contributed by atoms with Crippen LogP contribution in [0.3, 0.4) is 0 Å². The van der Waals surface area contributed by atoms with Crippen LogP contribution in [0.4, 0.5) is 5.69 Å². The lowest BCUT2D eigenvalue weighted by Crippen LogP contribution is -2.24. The molecule has 0 aromatic heterocycles. The molecule has 5 nitrogen and oxygen atoms in total. The Morgan fingerprint density at radius 1 is 1.26 bits per heavy atom. The highest BCUT2D eigenvalue weighted by atomic mass is 32.2. The van der Waals surface area contributed by atoms with Crippen molar-refractivity contribution >= 4 is 21.7 Å². The summed E-state index contributed by atoms with van der Waals surface area (Å²) in [6, 6.07) is 6.87. The lowest BCUT2D eigenvalue weighted by atomic mass is 10.2. The molecule has 0 atom stereocenters. The third-order valence-corrected chi connectivity index (χ3v) is 3.56. The molecule has 0 saturated carbocycles. The Labute approximate surface area is 114 Å². The lowest BCUT2D eigenvalue weighted by Gasteiger charge is -2.08. The molecule has 0 spiro atoms. The van der Waals surface area contributed by atoms with E-state index >= 15 is 0 Å². The summed E-state index contributed by atoms with van der Waals surface area (Å²) in [5.41, 5.74) is 1.47. The van der Waals surface area contributed by atoms with Gasteiger partial charge in [0.15, 0.2) is 5.75 Å². The topological polar surface area (TPSA) is 72.5 Å². The van der Waals surface area contributed by atoms with Crippen LogP contribution in [0.1, 0.15) is 25.3 Å². The minimum Gasteiger partial charge on any atom is -0.465 e. The number of benzene rings is 1. The van der Waals surface area contributed by atoms with Gasteiger partial charge in [-0.15, -0.1) is 0 Å². The second-order valence-electron chi connectivity index (χ2n) is 4.30. The highest BCUT2D eigenvalue weighted by Gasteiger charge is 2.17. The Balaban J connectivity index is 2.52. The summed E-state index contributed by atoms with van der Waals surface area (Å²) < 4.78 is 30.6. The van der Waals surface area contributed by atoms with E-state index in [9.17, 15) is 13.2 Å². The molecule has 106 valence electrons. The molecule has 0 aliphatic rings. The highest BCUT2D eigenvalue weighted by molar-refractivity contribution is 7.93. The van der Waals surface area contributed by atoms with E-state index in [1.165, 1.54) is 0 Å². The van der Waals surface area contributed by atoms with Crippen molar-refractivity contribution in [2.75, 3.05) is 17.1 Å². The number of esters is 1. The molecular weight excluding hydrogens is 266 g/mol. The van der Waals surface area contributed by atoms with Gasteiger partial charge in [0, 0.05) is 5.69 Å². The summed E-state index contributed by atoms with van der Waals surface area (Å²) in [5, 5.41) is 0. The number of rotatable bonds is 7. The minimum absolute atomic E-state index is 0.259. The van der Waals surface area contributed by atoms with Gasteiger partial charge in [-0.1, -0.05) is 31.0 Å². The minimum atomic E-state index is -3.71. The number of sulfonamides is 1. The van der Waals surface area contributed by atoms with Gasteiger partial charge in [0.05, 0.1) is 6.61 Å². The number of unbranched alkanes of at least 4 members (excludes halogenated alkanes) is 1. The van der Waals surface area contributed by atoms with E-state index in [0.29, 0.717) is 5.69 Å². The lowest BCUT2D eigenvalue weighted by molar-refractivity contribution is -0.140. The van der Waals surface area contributed by atoms with Gasteiger partial charge in [-0.05, 0) is 25.5 Å². The molecule has 0 heterocycles. The van der Waals surface area contributed by atoms with E-state index < -0.39 is 21.7 Å². The van der Waals surface area contributed by atoms with Crippen LogP contribution in [0.15, 0.2) is 24.3 Å². The van der Waals surface area contributed by atoms with Crippen LogP contribution in [-0.2, 0) is 19.6 Å². The number of carbonyl (C=O) groups excluding carboxylic acids is 1. The van der Waals surface area contributed by atoms with Crippen molar-refractivity contribution in [1.29, 1.82) is 0 Å². The third-order valence-electron chi connectivity index (χ3n) is 2.39. The average Bonchev–Trinajstić information content (AvgIpc) is 2.31. The molecule has 19 heavy (non-hydrogen) atoms. The Morgan fingerprint density at radius 2 is 1.89 bits per heavy atom. The van der Waals surface area contributed by atoms with Crippen LogP contribution < -0.4 is 4.72 Å². The first kappa shape index (κ1) is 15.5. The molecule has 1 N–H and O–H groups in total. The predicted octanol–water partition coefficient (Wildman–Crippen LogP) is 2.08. The van der Waals surface area contributed by atoms with Gasteiger partial charge in [-0.2, -0.15) is 0 Å². The van der Waals surface area contributed by atoms with E-state index in [1.807, 2.05) is 13.8 Å². The first-order valence-electron chi connectivity index (χ1n) is 6.16. The molecule has 1 aromatic rings. The second kappa shape index (κ2) is 7.13. The number of anilines is 1. The number of ether oxygens (including phenoxy) is 1. The molecular formula is C13H19NO4S.